The molecule has 1 aromatic rings. The van der Waals surface area contributed by atoms with Crippen LogP contribution in [-0.2, 0) is 4.79 Å². The molecule has 5 N–H and O–H groups in total. The molecule has 6 heteroatoms. The summed E-state index contributed by atoms with van der Waals surface area (Å²) in [4.78, 5) is 23.7. The molecule has 2 amide bonds. The summed E-state index contributed by atoms with van der Waals surface area (Å²) in [6.45, 7) is 3.69. The van der Waals surface area contributed by atoms with Crippen molar-refractivity contribution < 1.29 is 14.7 Å². The number of carbonyl (C=O) groups is 2. The summed E-state index contributed by atoms with van der Waals surface area (Å²) >= 11 is 0. The summed E-state index contributed by atoms with van der Waals surface area (Å²) in [5.74, 6) is -0.609. The molecule has 0 aliphatic rings. The van der Waals surface area contributed by atoms with Crippen molar-refractivity contribution in [2.75, 3.05) is 18.9 Å². The van der Waals surface area contributed by atoms with Gasteiger partial charge in [0.2, 0.25) is 5.91 Å². The molecule has 1 rings (SSSR count). The molecule has 21 heavy (non-hydrogen) atoms. The Morgan fingerprint density at radius 3 is 2.43 bits per heavy atom. The molecule has 1 atom stereocenters. The van der Waals surface area contributed by atoms with Gasteiger partial charge >= 0.3 is 0 Å². The fourth-order valence-corrected chi connectivity index (χ4v) is 1.85. The fourth-order valence-electron chi connectivity index (χ4n) is 1.85. The number of carbonyl (C=O) groups excluding carboxylic acids is 2. The highest BCUT2D eigenvalue weighted by Gasteiger charge is 2.23. The highest BCUT2D eigenvalue weighted by Crippen LogP contribution is 2.13. The lowest BCUT2D eigenvalue weighted by atomic mass is 9.95. The van der Waals surface area contributed by atoms with Crippen LogP contribution < -0.4 is 16.4 Å². The highest BCUT2D eigenvalue weighted by molar-refractivity contribution is 5.96. The normalized spacial score (nSPS) is 13.3. The number of aliphatic hydroxyl groups is 1. The molecule has 0 aliphatic carbocycles. The lowest BCUT2D eigenvalue weighted by Crippen LogP contribution is -2.49. The van der Waals surface area contributed by atoms with Crippen LogP contribution in [0.5, 0.6) is 0 Å². The van der Waals surface area contributed by atoms with Crippen LogP contribution in [0.1, 0.15) is 37.0 Å². The van der Waals surface area contributed by atoms with Crippen LogP contribution >= 0.6 is 0 Å². The average Bonchev–Trinajstić information content (AvgIpc) is 2.45. The highest BCUT2D eigenvalue weighted by atomic mass is 16.3. The van der Waals surface area contributed by atoms with Crippen LogP contribution in [0.25, 0.3) is 0 Å². The summed E-state index contributed by atoms with van der Waals surface area (Å²) in [5.41, 5.74) is 6.11. The first-order chi connectivity index (χ1) is 9.90. The molecule has 0 radical (unpaired) electrons. The van der Waals surface area contributed by atoms with E-state index >= 15 is 0 Å². The number of benzene rings is 1. The van der Waals surface area contributed by atoms with E-state index in [1.807, 2.05) is 13.8 Å². The summed E-state index contributed by atoms with van der Waals surface area (Å²) < 4.78 is 0. The van der Waals surface area contributed by atoms with Crippen LogP contribution in [0.3, 0.4) is 0 Å². The van der Waals surface area contributed by atoms with Crippen molar-refractivity contribution in [3.8, 4) is 0 Å². The van der Waals surface area contributed by atoms with Crippen molar-refractivity contribution in [3.63, 3.8) is 0 Å². The molecule has 1 aromatic carbocycles. The molecule has 0 fully saturated rings. The van der Waals surface area contributed by atoms with E-state index in [4.69, 9.17) is 10.8 Å². The molecule has 0 heterocycles. The second-order valence-electron chi connectivity index (χ2n) is 5.24. The van der Waals surface area contributed by atoms with E-state index in [0.717, 1.165) is 0 Å². The lowest BCUT2D eigenvalue weighted by molar-refractivity contribution is -0.122. The number of rotatable bonds is 7. The zero-order valence-electron chi connectivity index (χ0n) is 12.5. The Labute approximate surface area is 124 Å². The largest absolute Gasteiger partial charge is 0.399 e. The van der Waals surface area contributed by atoms with Gasteiger partial charge in [-0.1, -0.05) is 6.92 Å². The van der Waals surface area contributed by atoms with Gasteiger partial charge in [-0.15, -0.1) is 0 Å². The van der Waals surface area contributed by atoms with Crippen LogP contribution in [0.2, 0.25) is 0 Å². The van der Waals surface area contributed by atoms with Crippen LogP contribution in [0.4, 0.5) is 5.69 Å². The topological polar surface area (TPSA) is 104 Å². The second-order valence-corrected chi connectivity index (χ2v) is 5.24. The first-order valence-electron chi connectivity index (χ1n) is 6.96. The summed E-state index contributed by atoms with van der Waals surface area (Å²) in [6.07, 6.45) is 1.17. The number of nitrogens with two attached hydrogens (primary N) is 1. The Kier molecular flexibility index (Phi) is 6.17. The molecular weight excluding hydrogens is 270 g/mol. The molecule has 6 nitrogen and oxygen atoms in total. The van der Waals surface area contributed by atoms with Crippen LogP contribution in [-0.4, -0.2) is 35.6 Å². The number of anilines is 1. The van der Waals surface area contributed by atoms with E-state index in [9.17, 15) is 9.59 Å². The molecule has 116 valence electrons. The predicted octanol–water partition coefficient (Wildman–Crippen LogP) is 0.666. The first-order valence-corrected chi connectivity index (χ1v) is 6.96. The maximum absolute atomic E-state index is 11.9. The van der Waals surface area contributed by atoms with Gasteiger partial charge in [0.15, 0.2) is 0 Å². The van der Waals surface area contributed by atoms with Gasteiger partial charge in [0, 0.05) is 23.4 Å². The third-order valence-corrected chi connectivity index (χ3v) is 3.47. The maximum Gasteiger partial charge on any atom is 0.251 e. The second kappa shape index (κ2) is 7.64. The standard InChI is InChI=1S/C15H23N3O3/c1-3-15(2,8-9-19)18-13(20)10-17-14(21)11-4-6-12(16)7-5-11/h4-7,19H,3,8-10,16H2,1-2H3,(H,17,21)(H,18,20). The number of aliphatic hydroxyl groups excluding tert-OH is 1. The Bertz CT molecular complexity index is 487. The number of nitrogens with one attached hydrogen (secondary N) is 2. The Morgan fingerprint density at radius 2 is 1.90 bits per heavy atom. The average molecular weight is 293 g/mol. The zero-order chi connectivity index (χ0) is 15.9. The monoisotopic (exact) mass is 293 g/mol. The van der Waals surface area contributed by atoms with Gasteiger partial charge in [0.25, 0.3) is 5.91 Å². The van der Waals surface area contributed by atoms with E-state index in [0.29, 0.717) is 24.1 Å². The Hall–Kier alpha value is -2.08. The van der Waals surface area contributed by atoms with Crippen LogP contribution in [0.15, 0.2) is 24.3 Å². The number of hydrogen-bond acceptors (Lipinski definition) is 4. The predicted molar refractivity (Wildman–Crippen MR) is 81.7 cm³/mol. The van der Waals surface area contributed by atoms with Gasteiger partial charge in [0.1, 0.15) is 0 Å². The fraction of sp³-hybridized carbons (Fsp3) is 0.467. The smallest absolute Gasteiger partial charge is 0.251 e. The molecular formula is C15H23N3O3. The van der Waals surface area contributed by atoms with E-state index in [2.05, 4.69) is 10.6 Å². The third-order valence-electron chi connectivity index (χ3n) is 3.47. The van der Waals surface area contributed by atoms with E-state index < -0.39 is 5.54 Å². The van der Waals surface area contributed by atoms with Gasteiger partial charge in [-0.3, -0.25) is 9.59 Å². The molecule has 0 spiro atoms. The van der Waals surface area contributed by atoms with Crippen molar-refractivity contribution in [3.05, 3.63) is 29.8 Å². The number of amides is 2. The van der Waals surface area contributed by atoms with E-state index in [-0.39, 0.29) is 25.0 Å². The van der Waals surface area contributed by atoms with Gasteiger partial charge < -0.3 is 21.5 Å². The zero-order valence-corrected chi connectivity index (χ0v) is 12.5. The number of hydrogen-bond donors (Lipinski definition) is 4. The van der Waals surface area contributed by atoms with Gasteiger partial charge in [-0.25, -0.2) is 0 Å². The minimum Gasteiger partial charge on any atom is -0.399 e. The van der Waals surface area contributed by atoms with Gasteiger partial charge in [-0.2, -0.15) is 0 Å². The third kappa shape index (κ3) is 5.43. The van der Waals surface area contributed by atoms with Crippen molar-refractivity contribution in [1.82, 2.24) is 10.6 Å². The lowest BCUT2D eigenvalue weighted by Gasteiger charge is -2.29. The van der Waals surface area contributed by atoms with E-state index in [1.165, 1.54) is 0 Å². The summed E-state index contributed by atoms with van der Waals surface area (Å²) in [7, 11) is 0. The Balaban J connectivity index is 2.49. The van der Waals surface area contributed by atoms with E-state index in [1.54, 1.807) is 24.3 Å². The first kappa shape index (κ1) is 17.0. The van der Waals surface area contributed by atoms with Crippen molar-refractivity contribution in [2.45, 2.75) is 32.2 Å². The van der Waals surface area contributed by atoms with Crippen molar-refractivity contribution >= 4 is 17.5 Å². The minimum atomic E-state index is -0.461. The summed E-state index contributed by atoms with van der Waals surface area (Å²) in [6, 6.07) is 6.46. The Morgan fingerprint density at radius 1 is 1.29 bits per heavy atom. The van der Waals surface area contributed by atoms with Gasteiger partial charge in [-0.05, 0) is 44.0 Å². The SMILES string of the molecule is CCC(C)(CCO)NC(=O)CNC(=O)c1ccc(N)cc1. The minimum absolute atomic E-state index is 0.00240. The summed E-state index contributed by atoms with van der Waals surface area (Å²) in [5, 5.41) is 14.4. The molecule has 0 saturated carbocycles. The van der Waals surface area contributed by atoms with Crippen LogP contribution in [0, 0.1) is 0 Å². The molecule has 1 unspecified atom stereocenters. The van der Waals surface area contributed by atoms with Crippen molar-refractivity contribution in [2.24, 2.45) is 0 Å². The molecule has 0 aromatic heterocycles. The maximum atomic E-state index is 11.9. The quantitative estimate of drug-likeness (QED) is 0.554. The number of nitrogen functional groups attached to an aromatic ring is 1. The van der Waals surface area contributed by atoms with Crippen molar-refractivity contribution in [1.29, 1.82) is 0 Å². The molecule has 0 aliphatic heterocycles. The molecule has 0 bridgehead atoms. The molecule has 0 saturated heterocycles. The van der Waals surface area contributed by atoms with Gasteiger partial charge in [0.05, 0.1) is 6.54 Å².